The Bertz CT molecular complexity index is 414. The fourth-order valence-electron chi connectivity index (χ4n) is 1.15. The number of aromatic nitrogens is 3. The van der Waals surface area contributed by atoms with E-state index in [0.29, 0.717) is 5.95 Å². The fourth-order valence-corrected chi connectivity index (χ4v) is 1.15. The van der Waals surface area contributed by atoms with Gasteiger partial charge >= 0.3 is 0 Å². The molecule has 0 spiro atoms. The predicted molar refractivity (Wildman–Crippen MR) is 66.2 cm³/mol. The van der Waals surface area contributed by atoms with Gasteiger partial charge in [0.2, 0.25) is 5.95 Å². The van der Waals surface area contributed by atoms with E-state index in [-0.39, 0.29) is 0 Å². The van der Waals surface area contributed by atoms with Crippen molar-refractivity contribution in [2.45, 2.75) is 13.8 Å². The van der Waals surface area contributed by atoms with Gasteiger partial charge in [0.1, 0.15) is 0 Å². The molecule has 4 heteroatoms. The molecular formula is C12H16N4. The Labute approximate surface area is 95.8 Å². The van der Waals surface area contributed by atoms with Crippen LogP contribution in [0.2, 0.25) is 0 Å². The number of rotatable bonds is 2. The summed E-state index contributed by atoms with van der Waals surface area (Å²) in [5.74, 6) is 0.617. The van der Waals surface area contributed by atoms with Crippen LogP contribution in [0.25, 0.3) is 11.3 Å². The summed E-state index contributed by atoms with van der Waals surface area (Å²) in [6.45, 7) is 4.00. The third-order valence-electron chi connectivity index (χ3n) is 1.84. The number of nitrogens with zero attached hydrogens (tertiary/aromatic N) is 3. The lowest BCUT2D eigenvalue weighted by molar-refractivity contribution is 1.15. The fraction of sp³-hybridized carbons (Fsp3) is 0.250. The van der Waals surface area contributed by atoms with Crippen molar-refractivity contribution in [3.8, 4) is 11.3 Å². The van der Waals surface area contributed by atoms with Crippen molar-refractivity contribution in [1.82, 2.24) is 15.0 Å². The van der Waals surface area contributed by atoms with Crippen molar-refractivity contribution in [3.05, 3.63) is 36.8 Å². The van der Waals surface area contributed by atoms with E-state index in [1.807, 2.05) is 32.0 Å². The summed E-state index contributed by atoms with van der Waals surface area (Å²) in [7, 11) is 1.79. The monoisotopic (exact) mass is 216 g/mol. The molecule has 84 valence electrons. The van der Waals surface area contributed by atoms with Gasteiger partial charge in [0.05, 0.1) is 5.69 Å². The zero-order chi connectivity index (χ0) is 11.8. The van der Waals surface area contributed by atoms with Crippen LogP contribution in [0, 0.1) is 0 Å². The van der Waals surface area contributed by atoms with Crippen molar-refractivity contribution in [2.24, 2.45) is 0 Å². The largest absolute Gasteiger partial charge is 0.357 e. The molecule has 0 aliphatic rings. The number of hydrogen-bond acceptors (Lipinski definition) is 4. The molecule has 1 N–H and O–H groups in total. The van der Waals surface area contributed by atoms with E-state index < -0.39 is 0 Å². The van der Waals surface area contributed by atoms with E-state index in [4.69, 9.17) is 0 Å². The van der Waals surface area contributed by atoms with E-state index in [1.54, 1.807) is 25.6 Å². The van der Waals surface area contributed by atoms with E-state index in [2.05, 4.69) is 20.3 Å². The van der Waals surface area contributed by atoms with Crippen LogP contribution >= 0.6 is 0 Å². The smallest absolute Gasteiger partial charge is 0.222 e. The van der Waals surface area contributed by atoms with Gasteiger partial charge in [-0.1, -0.05) is 13.8 Å². The van der Waals surface area contributed by atoms with Gasteiger partial charge in [-0.15, -0.1) is 0 Å². The van der Waals surface area contributed by atoms with Crippen molar-refractivity contribution in [3.63, 3.8) is 0 Å². The number of hydrogen-bond donors (Lipinski definition) is 1. The van der Waals surface area contributed by atoms with Crippen molar-refractivity contribution in [2.75, 3.05) is 12.4 Å². The average molecular weight is 216 g/mol. The second-order valence-electron chi connectivity index (χ2n) is 2.76. The van der Waals surface area contributed by atoms with E-state index in [9.17, 15) is 0 Å². The van der Waals surface area contributed by atoms with Gasteiger partial charge < -0.3 is 5.32 Å². The molecule has 4 nitrogen and oxygen atoms in total. The van der Waals surface area contributed by atoms with Gasteiger partial charge in [-0.05, 0) is 18.2 Å². The first-order valence-electron chi connectivity index (χ1n) is 5.31. The van der Waals surface area contributed by atoms with Crippen LogP contribution in [0.1, 0.15) is 13.8 Å². The zero-order valence-corrected chi connectivity index (χ0v) is 9.81. The van der Waals surface area contributed by atoms with E-state index in [1.165, 1.54) is 0 Å². The second kappa shape index (κ2) is 6.50. The highest BCUT2D eigenvalue weighted by Crippen LogP contribution is 2.15. The molecule has 0 unspecified atom stereocenters. The quantitative estimate of drug-likeness (QED) is 0.838. The number of nitrogens with one attached hydrogen (secondary N) is 1. The van der Waals surface area contributed by atoms with Gasteiger partial charge in [-0.2, -0.15) is 0 Å². The van der Waals surface area contributed by atoms with Crippen molar-refractivity contribution in [1.29, 1.82) is 0 Å². The Morgan fingerprint density at radius 3 is 2.56 bits per heavy atom. The summed E-state index contributed by atoms with van der Waals surface area (Å²) in [5, 5.41) is 2.89. The molecule has 0 aliphatic heterocycles. The van der Waals surface area contributed by atoms with E-state index >= 15 is 0 Å². The summed E-state index contributed by atoms with van der Waals surface area (Å²) in [4.78, 5) is 12.4. The van der Waals surface area contributed by atoms with Crippen LogP contribution in [0.4, 0.5) is 5.95 Å². The molecule has 2 aromatic rings. The molecule has 0 saturated carbocycles. The Morgan fingerprint density at radius 2 is 1.94 bits per heavy atom. The van der Waals surface area contributed by atoms with Crippen LogP contribution < -0.4 is 5.32 Å². The molecule has 0 amide bonds. The molecule has 2 heterocycles. The van der Waals surface area contributed by atoms with Gasteiger partial charge in [0, 0.05) is 31.2 Å². The second-order valence-corrected chi connectivity index (χ2v) is 2.76. The molecule has 2 rings (SSSR count). The summed E-state index contributed by atoms with van der Waals surface area (Å²) in [6.07, 6.45) is 5.24. The first-order chi connectivity index (χ1) is 7.90. The summed E-state index contributed by atoms with van der Waals surface area (Å²) >= 11 is 0. The maximum Gasteiger partial charge on any atom is 0.222 e. The van der Waals surface area contributed by atoms with Crippen molar-refractivity contribution >= 4 is 5.95 Å². The van der Waals surface area contributed by atoms with Crippen molar-refractivity contribution < 1.29 is 0 Å². The van der Waals surface area contributed by atoms with Gasteiger partial charge in [-0.3, -0.25) is 4.98 Å². The highest BCUT2D eigenvalue weighted by molar-refractivity contribution is 5.58. The Morgan fingerprint density at radius 1 is 1.12 bits per heavy atom. The van der Waals surface area contributed by atoms with Gasteiger partial charge in [0.25, 0.3) is 0 Å². The van der Waals surface area contributed by atoms with Gasteiger partial charge in [0.15, 0.2) is 0 Å². The topological polar surface area (TPSA) is 50.7 Å². The minimum atomic E-state index is 0.617. The first kappa shape index (κ1) is 12.1. The number of anilines is 1. The summed E-state index contributed by atoms with van der Waals surface area (Å²) in [6, 6.07) is 5.71. The molecule has 0 aliphatic carbocycles. The van der Waals surface area contributed by atoms with Crippen LogP contribution in [0.3, 0.4) is 0 Å². The predicted octanol–water partition coefficient (Wildman–Crippen LogP) is 2.61. The minimum Gasteiger partial charge on any atom is -0.357 e. The highest BCUT2D eigenvalue weighted by atomic mass is 15.1. The SMILES string of the molecule is CC.CNc1nccc(-c2cccnc2)n1. The maximum absolute atomic E-state index is 4.30. The third-order valence-corrected chi connectivity index (χ3v) is 1.84. The normalized spacial score (nSPS) is 8.94. The molecule has 16 heavy (non-hydrogen) atoms. The molecule has 0 radical (unpaired) electrons. The van der Waals surface area contributed by atoms with Crippen LogP contribution in [0.15, 0.2) is 36.8 Å². The minimum absolute atomic E-state index is 0.617. The van der Waals surface area contributed by atoms with Gasteiger partial charge in [-0.25, -0.2) is 9.97 Å². The highest BCUT2D eigenvalue weighted by Gasteiger charge is 1.99. The summed E-state index contributed by atoms with van der Waals surface area (Å²) in [5.41, 5.74) is 1.86. The van der Waals surface area contributed by atoms with Crippen LogP contribution in [-0.2, 0) is 0 Å². The lowest BCUT2D eigenvalue weighted by Crippen LogP contribution is -1.96. The third kappa shape index (κ3) is 3.02. The Balaban J connectivity index is 0.000000606. The van der Waals surface area contributed by atoms with E-state index in [0.717, 1.165) is 11.3 Å². The molecule has 0 saturated heterocycles. The molecule has 0 bridgehead atoms. The summed E-state index contributed by atoms with van der Waals surface area (Å²) < 4.78 is 0. The average Bonchev–Trinajstić information content (AvgIpc) is 2.42. The lowest BCUT2D eigenvalue weighted by Gasteiger charge is -2.01. The molecule has 2 aromatic heterocycles. The Hall–Kier alpha value is -1.97. The molecule has 0 fully saturated rings. The molecule has 0 atom stereocenters. The molecular weight excluding hydrogens is 200 g/mol. The van der Waals surface area contributed by atoms with Crippen LogP contribution in [-0.4, -0.2) is 22.0 Å². The number of pyridine rings is 1. The Kier molecular flexibility index (Phi) is 4.92. The standard InChI is InChI=1S/C10H10N4.C2H6/c1-11-10-13-6-4-9(14-10)8-3-2-5-12-7-8;1-2/h2-7H,1H3,(H,11,13,14);1-2H3. The maximum atomic E-state index is 4.30. The van der Waals surface area contributed by atoms with Crippen LogP contribution in [0.5, 0.6) is 0 Å². The zero-order valence-electron chi connectivity index (χ0n) is 9.81. The first-order valence-corrected chi connectivity index (χ1v) is 5.31. The lowest BCUT2D eigenvalue weighted by atomic mass is 10.2. The molecule has 0 aromatic carbocycles.